The Morgan fingerprint density at radius 3 is 2.62 bits per heavy atom. The molecule has 6 heteroatoms. The van der Waals surface area contributed by atoms with Gasteiger partial charge in [0.05, 0.1) is 17.1 Å². The van der Waals surface area contributed by atoms with Crippen LogP contribution in [0, 0.1) is 0 Å². The fraction of sp³-hybridized carbons (Fsp3) is 0.500. The van der Waals surface area contributed by atoms with E-state index in [1.54, 1.807) is 18.7 Å². The Balaban J connectivity index is 2.54. The first-order valence-electron chi connectivity index (χ1n) is 8.31. The molecule has 0 aliphatic rings. The topological polar surface area (TPSA) is 73.1 Å². The van der Waals surface area contributed by atoms with Crippen molar-refractivity contribution >= 4 is 23.2 Å². The molecule has 1 aromatic carbocycles. The van der Waals surface area contributed by atoms with Gasteiger partial charge in [0.2, 0.25) is 5.91 Å². The number of nitrogens with zero attached hydrogens (tertiary/aromatic N) is 2. The van der Waals surface area contributed by atoms with Crippen molar-refractivity contribution in [3.63, 3.8) is 0 Å². The highest BCUT2D eigenvalue weighted by Gasteiger charge is 2.20. The number of rotatable bonds is 7. The quantitative estimate of drug-likeness (QED) is 0.790. The Morgan fingerprint density at radius 2 is 2.04 bits per heavy atom. The van der Waals surface area contributed by atoms with Crippen LogP contribution in [0.1, 0.15) is 50.6 Å². The number of aromatic nitrogens is 2. The first kappa shape index (κ1) is 18.0. The van der Waals surface area contributed by atoms with Gasteiger partial charge in [-0.15, -0.1) is 0 Å². The maximum Gasteiger partial charge on any atom is 0.329 e. The second-order valence-corrected chi connectivity index (χ2v) is 6.18. The van der Waals surface area contributed by atoms with E-state index >= 15 is 0 Å². The third-order valence-corrected chi connectivity index (χ3v) is 4.73. The molecule has 1 heterocycles. The second-order valence-electron chi connectivity index (χ2n) is 6.18. The number of carbonyl (C=O) groups excluding carboxylic acids is 2. The van der Waals surface area contributed by atoms with E-state index in [2.05, 4.69) is 19.2 Å². The molecule has 2 aromatic rings. The summed E-state index contributed by atoms with van der Waals surface area (Å²) in [6.07, 6.45) is 2.25. The number of hydrogen-bond acceptors (Lipinski definition) is 3. The van der Waals surface area contributed by atoms with Crippen molar-refractivity contribution in [2.45, 2.75) is 45.1 Å². The van der Waals surface area contributed by atoms with Crippen LogP contribution >= 0.6 is 0 Å². The van der Waals surface area contributed by atoms with Crippen molar-refractivity contribution in [2.75, 3.05) is 7.05 Å². The van der Waals surface area contributed by atoms with Gasteiger partial charge in [0.25, 0.3) is 0 Å². The van der Waals surface area contributed by atoms with Gasteiger partial charge in [-0.3, -0.25) is 13.9 Å². The van der Waals surface area contributed by atoms with E-state index in [9.17, 15) is 14.4 Å². The Bertz CT molecular complexity index is 804. The summed E-state index contributed by atoms with van der Waals surface area (Å²) < 4.78 is 3.06. The third-order valence-electron chi connectivity index (χ3n) is 4.73. The van der Waals surface area contributed by atoms with E-state index in [0.29, 0.717) is 12.3 Å². The van der Waals surface area contributed by atoms with Gasteiger partial charge in [0.1, 0.15) is 6.29 Å². The summed E-state index contributed by atoms with van der Waals surface area (Å²) in [4.78, 5) is 35.7. The van der Waals surface area contributed by atoms with Gasteiger partial charge in [-0.1, -0.05) is 19.9 Å². The van der Waals surface area contributed by atoms with Gasteiger partial charge in [0, 0.05) is 20.5 Å². The third kappa shape index (κ3) is 3.27. The molecule has 0 fully saturated rings. The number of fused-ring (bicyclic) bond motifs is 1. The van der Waals surface area contributed by atoms with Crippen LogP contribution in [0.5, 0.6) is 0 Å². The minimum Gasteiger partial charge on any atom is -0.359 e. The minimum atomic E-state index is -0.648. The molecule has 2 unspecified atom stereocenters. The number of benzene rings is 1. The molecule has 1 aromatic heterocycles. The van der Waals surface area contributed by atoms with Crippen LogP contribution in [0.4, 0.5) is 0 Å². The number of hydrogen-bond donors (Lipinski definition) is 1. The van der Waals surface area contributed by atoms with Crippen LogP contribution < -0.4 is 11.0 Å². The molecule has 0 saturated heterocycles. The zero-order valence-corrected chi connectivity index (χ0v) is 14.7. The SMILES string of the molecule is CCC(C)c1ccc2c(c1)n(C(C=O)CCC(=O)NC)c(=O)n2C. The van der Waals surface area contributed by atoms with E-state index < -0.39 is 6.04 Å². The van der Waals surface area contributed by atoms with Crippen molar-refractivity contribution in [3.05, 3.63) is 34.2 Å². The zero-order chi connectivity index (χ0) is 17.9. The predicted octanol–water partition coefficient (Wildman–Crippen LogP) is 2.12. The van der Waals surface area contributed by atoms with E-state index in [0.717, 1.165) is 29.3 Å². The monoisotopic (exact) mass is 331 g/mol. The standard InChI is InChI=1S/C18H25N3O3/c1-5-12(2)13-6-8-15-16(10-13)21(18(24)20(15)4)14(11-22)7-9-17(23)19-3/h6,8,10-12,14H,5,7,9H2,1-4H3,(H,19,23). The van der Waals surface area contributed by atoms with Crippen molar-refractivity contribution in [1.82, 2.24) is 14.5 Å². The van der Waals surface area contributed by atoms with Gasteiger partial charge in [-0.05, 0) is 36.5 Å². The first-order chi connectivity index (χ1) is 11.4. The normalized spacial score (nSPS) is 13.7. The molecule has 0 spiro atoms. The van der Waals surface area contributed by atoms with Crippen molar-refractivity contribution in [2.24, 2.45) is 7.05 Å². The fourth-order valence-corrected chi connectivity index (χ4v) is 2.91. The first-order valence-corrected chi connectivity index (χ1v) is 8.31. The largest absolute Gasteiger partial charge is 0.359 e. The van der Waals surface area contributed by atoms with E-state index in [1.807, 2.05) is 18.2 Å². The van der Waals surface area contributed by atoms with E-state index in [-0.39, 0.29) is 18.0 Å². The maximum atomic E-state index is 12.6. The van der Waals surface area contributed by atoms with Crippen molar-refractivity contribution in [3.8, 4) is 0 Å². The molecule has 1 amide bonds. The molecule has 1 N–H and O–H groups in total. The molecule has 6 nitrogen and oxygen atoms in total. The van der Waals surface area contributed by atoms with Crippen molar-refractivity contribution < 1.29 is 9.59 Å². The van der Waals surface area contributed by atoms with E-state index in [4.69, 9.17) is 0 Å². The number of aldehydes is 1. The Labute approximate surface area is 141 Å². The second kappa shape index (κ2) is 7.47. The molecule has 130 valence electrons. The fourth-order valence-electron chi connectivity index (χ4n) is 2.91. The molecule has 24 heavy (non-hydrogen) atoms. The molecule has 0 aliphatic heterocycles. The lowest BCUT2D eigenvalue weighted by Crippen LogP contribution is -2.28. The van der Waals surface area contributed by atoms with Gasteiger partial charge in [-0.25, -0.2) is 4.79 Å². The average molecular weight is 331 g/mol. The number of imidazole rings is 1. The molecule has 0 bridgehead atoms. The molecule has 2 rings (SSSR count). The Hall–Kier alpha value is -2.37. The van der Waals surface area contributed by atoms with E-state index in [1.165, 1.54) is 4.57 Å². The smallest absolute Gasteiger partial charge is 0.329 e. The highest BCUT2D eigenvalue weighted by atomic mass is 16.2. The van der Waals surface area contributed by atoms with Crippen LogP contribution in [-0.4, -0.2) is 28.4 Å². The summed E-state index contributed by atoms with van der Waals surface area (Å²) in [6.45, 7) is 4.25. The summed E-state index contributed by atoms with van der Waals surface area (Å²) in [5.74, 6) is 0.231. The molecular weight excluding hydrogens is 306 g/mol. The lowest BCUT2D eigenvalue weighted by atomic mass is 9.98. The van der Waals surface area contributed by atoms with Gasteiger partial charge in [0.15, 0.2) is 0 Å². The van der Waals surface area contributed by atoms with Gasteiger partial charge in [-0.2, -0.15) is 0 Å². The number of aryl methyl sites for hydroxylation is 1. The average Bonchev–Trinajstić information content (AvgIpc) is 2.85. The lowest BCUT2D eigenvalue weighted by Gasteiger charge is -2.14. The Kier molecular flexibility index (Phi) is 5.59. The summed E-state index contributed by atoms with van der Waals surface area (Å²) in [5.41, 5.74) is 2.44. The molecule has 2 atom stereocenters. The summed E-state index contributed by atoms with van der Waals surface area (Å²) in [6, 6.07) is 5.29. The van der Waals surface area contributed by atoms with Crippen LogP contribution in [-0.2, 0) is 16.6 Å². The zero-order valence-electron chi connectivity index (χ0n) is 14.7. The van der Waals surface area contributed by atoms with Crippen LogP contribution in [0.3, 0.4) is 0 Å². The van der Waals surface area contributed by atoms with Crippen LogP contribution in [0.25, 0.3) is 11.0 Å². The molecular formula is C18H25N3O3. The molecule has 0 saturated carbocycles. The van der Waals surface area contributed by atoms with Crippen molar-refractivity contribution in [1.29, 1.82) is 0 Å². The van der Waals surface area contributed by atoms with Gasteiger partial charge < -0.3 is 10.1 Å². The predicted molar refractivity (Wildman–Crippen MR) is 94.3 cm³/mol. The lowest BCUT2D eigenvalue weighted by molar-refractivity contribution is -0.121. The highest BCUT2D eigenvalue weighted by Crippen LogP contribution is 2.25. The van der Waals surface area contributed by atoms with Crippen LogP contribution in [0.15, 0.2) is 23.0 Å². The van der Waals surface area contributed by atoms with Crippen LogP contribution in [0.2, 0.25) is 0 Å². The number of amides is 1. The molecule has 0 aliphatic carbocycles. The number of nitrogens with one attached hydrogen (secondary N) is 1. The highest BCUT2D eigenvalue weighted by molar-refractivity contribution is 5.79. The maximum absolute atomic E-state index is 12.6. The van der Waals surface area contributed by atoms with Gasteiger partial charge >= 0.3 is 5.69 Å². The molecule has 0 radical (unpaired) electrons. The minimum absolute atomic E-state index is 0.143. The summed E-state index contributed by atoms with van der Waals surface area (Å²) >= 11 is 0. The number of carbonyl (C=O) groups is 2. The summed E-state index contributed by atoms with van der Waals surface area (Å²) in [7, 11) is 3.26. The summed E-state index contributed by atoms with van der Waals surface area (Å²) in [5, 5.41) is 2.54. The Morgan fingerprint density at radius 1 is 1.33 bits per heavy atom.